The van der Waals surface area contributed by atoms with Crippen LogP contribution in [-0.2, 0) is 19.1 Å². The maximum absolute atomic E-state index is 11.6. The zero-order valence-electron chi connectivity index (χ0n) is 11.5. The number of aromatic amines is 1. The number of benzene rings is 1. The lowest BCUT2D eigenvalue weighted by atomic mass is 10.1. The van der Waals surface area contributed by atoms with Crippen molar-refractivity contribution in [2.75, 3.05) is 14.2 Å². The molecule has 0 unspecified atom stereocenters. The summed E-state index contributed by atoms with van der Waals surface area (Å²) in [5, 5.41) is 1.04. The fraction of sp³-hybridized carbons (Fsp3) is 0.200. The van der Waals surface area contributed by atoms with E-state index in [0.29, 0.717) is 5.69 Å². The molecule has 20 heavy (non-hydrogen) atoms. The molecule has 0 spiro atoms. The van der Waals surface area contributed by atoms with Gasteiger partial charge in [-0.1, -0.05) is 18.2 Å². The van der Waals surface area contributed by atoms with Gasteiger partial charge in [0.2, 0.25) is 0 Å². The molecular weight excluding hydrogens is 258 g/mol. The number of hydrogen-bond acceptors (Lipinski definition) is 4. The molecule has 0 aliphatic rings. The number of para-hydroxylation sites is 1. The Kier molecular flexibility index (Phi) is 3.89. The van der Waals surface area contributed by atoms with Crippen molar-refractivity contribution in [3.05, 3.63) is 41.1 Å². The maximum atomic E-state index is 11.6. The van der Waals surface area contributed by atoms with Crippen molar-refractivity contribution in [1.29, 1.82) is 0 Å². The topological polar surface area (TPSA) is 68.4 Å². The maximum Gasteiger partial charge on any atom is 0.345 e. The van der Waals surface area contributed by atoms with Gasteiger partial charge >= 0.3 is 11.9 Å². The van der Waals surface area contributed by atoms with Crippen LogP contribution in [0.5, 0.6) is 0 Å². The van der Waals surface area contributed by atoms with Crippen molar-refractivity contribution >= 4 is 28.9 Å². The summed E-state index contributed by atoms with van der Waals surface area (Å²) in [6.07, 6.45) is 1.45. The van der Waals surface area contributed by atoms with Crippen LogP contribution in [0.15, 0.2) is 29.8 Å². The summed E-state index contributed by atoms with van der Waals surface area (Å²) in [6.45, 7) is 1.91. The highest BCUT2D eigenvalue weighted by Gasteiger charge is 2.20. The molecule has 0 atom stereocenters. The Bertz CT molecular complexity index is 679. The van der Waals surface area contributed by atoms with E-state index in [9.17, 15) is 9.59 Å². The average Bonchev–Trinajstić information content (AvgIpc) is 2.80. The highest BCUT2D eigenvalue weighted by molar-refractivity contribution is 6.17. The van der Waals surface area contributed by atoms with Gasteiger partial charge in [0.05, 0.1) is 14.2 Å². The number of H-pyrrole nitrogens is 1. The summed E-state index contributed by atoms with van der Waals surface area (Å²) in [5.74, 6) is -1.45. The minimum atomic E-state index is -0.727. The highest BCUT2D eigenvalue weighted by atomic mass is 16.5. The number of aromatic nitrogens is 1. The number of fused-ring (bicyclic) bond motifs is 1. The normalized spacial score (nSPS) is 10.2. The molecule has 0 aliphatic carbocycles. The van der Waals surface area contributed by atoms with Crippen molar-refractivity contribution in [2.24, 2.45) is 0 Å². The Morgan fingerprint density at radius 3 is 2.25 bits per heavy atom. The van der Waals surface area contributed by atoms with Crippen molar-refractivity contribution in [3.8, 4) is 0 Å². The molecule has 0 saturated carbocycles. The molecule has 0 radical (unpaired) electrons. The summed E-state index contributed by atoms with van der Waals surface area (Å²) in [6, 6.07) is 7.73. The molecule has 1 aromatic heterocycles. The zero-order valence-corrected chi connectivity index (χ0v) is 11.5. The summed E-state index contributed by atoms with van der Waals surface area (Å²) < 4.78 is 9.20. The van der Waals surface area contributed by atoms with E-state index < -0.39 is 11.9 Å². The largest absolute Gasteiger partial charge is 0.465 e. The van der Waals surface area contributed by atoms with E-state index in [1.165, 1.54) is 20.3 Å². The Labute approximate surface area is 116 Å². The first-order valence-corrected chi connectivity index (χ1v) is 6.04. The van der Waals surface area contributed by atoms with Gasteiger partial charge < -0.3 is 14.5 Å². The number of ether oxygens (including phenoxy) is 2. The summed E-state index contributed by atoms with van der Waals surface area (Å²) in [4.78, 5) is 26.4. The molecule has 1 aromatic carbocycles. The Morgan fingerprint density at radius 2 is 1.70 bits per heavy atom. The van der Waals surface area contributed by atoms with Gasteiger partial charge in [-0.25, -0.2) is 9.59 Å². The van der Waals surface area contributed by atoms with Crippen LogP contribution in [0, 0.1) is 6.92 Å². The second-order valence-corrected chi connectivity index (χ2v) is 4.25. The Hall–Kier alpha value is -2.56. The quantitative estimate of drug-likeness (QED) is 0.403. The molecule has 5 heteroatoms. The number of hydrogen-bond donors (Lipinski definition) is 1. The number of nitrogens with one attached hydrogen (secondary N) is 1. The van der Waals surface area contributed by atoms with Crippen molar-refractivity contribution in [1.82, 2.24) is 4.98 Å². The first-order chi connectivity index (χ1) is 9.58. The van der Waals surface area contributed by atoms with Crippen LogP contribution < -0.4 is 0 Å². The lowest BCUT2D eigenvalue weighted by Gasteiger charge is -2.03. The Morgan fingerprint density at radius 1 is 1.10 bits per heavy atom. The molecule has 0 aliphatic heterocycles. The second-order valence-electron chi connectivity index (χ2n) is 4.25. The minimum Gasteiger partial charge on any atom is -0.465 e. The molecule has 0 amide bonds. The van der Waals surface area contributed by atoms with E-state index in [4.69, 9.17) is 0 Å². The van der Waals surface area contributed by atoms with Gasteiger partial charge in [0, 0.05) is 16.6 Å². The third-order valence-electron chi connectivity index (χ3n) is 3.10. The SMILES string of the molecule is COC(=O)C(=Cc1[nH]c2ccccc2c1C)C(=O)OC. The number of rotatable bonds is 3. The fourth-order valence-electron chi connectivity index (χ4n) is 2.01. The van der Waals surface area contributed by atoms with Gasteiger partial charge in [-0.15, -0.1) is 0 Å². The smallest absolute Gasteiger partial charge is 0.345 e. The zero-order chi connectivity index (χ0) is 14.7. The van der Waals surface area contributed by atoms with E-state index >= 15 is 0 Å². The van der Waals surface area contributed by atoms with Crippen LogP contribution in [0.25, 0.3) is 17.0 Å². The van der Waals surface area contributed by atoms with Crippen molar-refractivity contribution in [2.45, 2.75) is 6.92 Å². The van der Waals surface area contributed by atoms with Gasteiger partial charge in [0.15, 0.2) is 0 Å². The number of carbonyl (C=O) groups excluding carboxylic acids is 2. The predicted octanol–water partition coefficient (Wildman–Crippen LogP) is 2.21. The van der Waals surface area contributed by atoms with E-state index in [1.54, 1.807) is 0 Å². The number of carbonyl (C=O) groups is 2. The van der Waals surface area contributed by atoms with E-state index in [1.807, 2.05) is 31.2 Å². The molecule has 2 aromatic rings. The third-order valence-corrected chi connectivity index (χ3v) is 3.10. The second kappa shape index (κ2) is 5.61. The summed E-state index contributed by atoms with van der Waals surface area (Å²) in [7, 11) is 2.44. The molecule has 0 saturated heterocycles. The van der Waals surface area contributed by atoms with E-state index in [2.05, 4.69) is 14.5 Å². The van der Waals surface area contributed by atoms with Gasteiger partial charge in [0.25, 0.3) is 0 Å². The van der Waals surface area contributed by atoms with Crippen LogP contribution in [-0.4, -0.2) is 31.1 Å². The lowest BCUT2D eigenvalue weighted by Crippen LogP contribution is -2.15. The standard InChI is InChI=1S/C15H15NO4/c1-9-10-6-4-5-7-12(10)16-13(9)8-11(14(17)19-2)15(18)20-3/h4-8,16H,1-3H3. The molecule has 0 fully saturated rings. The predicted molar refractivity (Wildman–Crippen MR) is 75.0 cm³/mol. The minimum absolute atomic E-state index is 0.148. The lowest BCUT2D eigenvalue weighted by molar-refractivity contribution is -0.143. The molecule has 2 rings (SSSR count). The monoisotopic (exact) mass is 273 g/mol. The number of methoxy groups -OCH3 is 2. The summed E-state index contributed by atoms with van der Waals surface area (Å²) in [5.41, 5.74) is 2.41. The molecule has 0 bridgehead atoms. The fourth-order valence-corrected chi connectivity index (χ4v) is 2.01. The van der Waals surface area contributed by atoms with Crippen LogP contribution in [0.4, 0.5) is 0 Å². The number of esters is 2. The molecule has 104 valence electrons. The molecular formula is C15H15NO4. The molecule has 1 heterocycles. The van der Waals surface area contributed by atoms with Crippen LogP contribution in [0.2, 0.25) is 0 Å². The van der Waals surface area contributed by atoms with Crippen molar-refractivity contribution in [3.63, 3.8) is 0 Å². The van der Waals surface area contributed by atoms with Gasteiger partial charge in [-0.05, 0) is 24.6 Å². The van der Waals surface area contributed by atoms with E-state index in [0.717, 1.165) is 16.5 Å². The summed E-state index contributed by atoms with van der Waals surface area (Å²) >= 11 is 0. The van der Waals surface area contributed by atoms with Crippen LogP contribution >= 0.6 is 0 Å². The Balaban J connectivity index is 2.56. The van der Waals surface area contributed by atoms with Gasteiger partial charge in [-0.3, -0.25) is 0 Å². The van der Waals surface area contributed by atoms with E-state index in [-0.39, 0.29) is 5.57 Å². The molecule has 1 N–H and O–H groups in total. The van der Waals surface area contributed by atoms with Crippen molar-refractivity contribution < 1.29 is 19.1 Å². The average molecular weight is 273 g/mol. The van der Waals surface area contributed by atoms with Crippen LogP contribution in [0.3, 0.4) is 0 Å². The molecule has 5 nitrogen and oxygen atoms in total. The van der Waals surface area contributed by atoms with Crippen LogP contribution in [0.1, 0.15) is 11.3 Å². The number of aryl methyl sites for hydroxylation is 1. The first kappa shape index (κ1) is 13.9. The van der Waals surface area contributed by atoms with Gasteiger partial charge in [0.1, 0.15) is 5.57 Å². The third kappa shape index (κ3) is 2.42. The first-order valence-electron chi connectivity index (χ1n) is 6.04. The highest BCUT2D eigenvalue weighted by Crippen LogP contribution is 2.23. The van der Waals surface area contributed by atoms with Gasteiger partial charge in [-0.2, -0.15) is 0 Å².